The van der Waals surface area contributed by atoms with Crippen molar-refractivity contribution < 1.29 is 9.53 Å². The molecule has 1 N–H and O–H groups in total. The van der Waals surface area contributed by atoms with Crippen LogP contribution in [0.2, 0.25) is 0 Å². The summed E-state index contributed by atoms with van der Waals surface area (Å²) in [7, 11) is 0. The van der Waals surface area contributed by atoms with Gasteiger partial charge in [0.25, 0.3) is 0 Å². The Bertz CT molecular complexity index is 474. The van der Waals surface area contributed by atoms with Gasteiger partial charge in [-0.15, -0.1) is 0 Å². The van der Waals surface area contributed by atoms with Gasteiger partial charge in [-0.1, -0.05) is 30.3 Å². The number of benzene rings is 1. The maximum atomic E-state index is 11.7. The summed E-state index contributed by atoms with van der Waals surface area (Å²) in [5.74, 6) is 0.565. The van der Waals surface area contributed by atoms with Crippen LogP contribution in [0.1, 0.15) is 39.2 Å². The quantitative estimate of drug-likeness (QED) is 0.904. The van der Waals surface area contributed by atoms with Crippen molar-refractivity contribution in [1.29, 1.82) is 0 Å². The van der Waals surface area contributed by atoms with Gasteiger partial charge in [0.2, 0.25) is 0 Å². The van der Waals surface area contributed by atoms with E-state index >= 15 is 0 Å². The third kappa shape index (κ3) is 7.04. The van der Waals surface area contributed by atoms with Gasteiger partial charge in [-0.2, -0.15) is 0 Å². The highest BCUT2D eigenvalue weighted by molar-refractivity contribution is 5.67. The zero-order chi connectivity index (χ0) is 16.7. The lowest BCUT2D eigenvalue weighted by Crippen LogP contribution is -2.40. The molecule has 0 spiro atoms. The van der Waals surface area contributed by atoms with Gasteiger partial charge in [-0.05, 0) is 64.6 Å². The van der Waals surface area contributed by atoms with Gasteiger partial charge in [0, 0.05) is 13.1 Å². The van der Waals surface area contributed by atoms with Gasteiger partial charge in [0.15, 0.2) is 0 Å². The number of piperidine rings is 1. The topological polar surface area (TPSA) is 41.6 Å². The molecule has 0 radical (unpaired) electrons. The molecule has 2 rings (SSSR count). The molecule has 0 atom stereocenters. The number of likely N-dealkylation sites (tertiary alicyclic amines) is 1. The normalized spacial score (nSPS) is 17.0. The van der Waals surface area contributed by atoms with Gasteiger partial charge in [-0.3, -0.25) is 0 Å². The number of nitrogens with zero attached hydrogens (tertiary/aromatic N) is 1. The summed E-state index contributed by atoms with van der Waals surface area (Å²) in [5, 5.41) is 2.90. The van der Waals surface area contributed by atoms with Gasteiger partial charge in [0.1, 0.15) is 5.60 Å². The number of rotatable bonds is 5. The van der Waals surface area contributed by atoms with Gasteiger partial charge in [-0.25, -0.2) is 4.79 Å². The molecule has 1 aromatic rings. The van der Waals surface area contributed by atoms with Crippen molar-refractivity contribution in [3.8, 4) is 0 Å². The first-order valence-corrected chi connectivity index (χ1v) is 8.65. The summed E-state index contributed by atoms with van der Waals surface area (Å²) < 4.78 is 5.28. The van der Waals surface area contributed by atoms with Gasteiger partial charge < -0.3 is 15.0 Å². The third-order valence-corrected chi connectivity index (χ3v) is 4.20. The Morgan fingerprint density at radius 2 is 1.87 bits per heavy atom. The van der Waals surface area contributed by atoms with Crippen molar-refractivity contribution in [2.24, 2.45) is 5.92 Å². The van der Waals surface area contributed by atoms with E-state index in [0.717, 1.165) is 45.4 Å². The minimum absolute atomic E-state index is 0.302. The van der Waals surface area contributed by atoms with Crippen molar-refractivity contribution in [1.82, 2.24) is 10.2 Å². The lowest BCUT2D eigenvalue weighted by molar-refractivity contribution is 0.0510. The number of carbonyl (C=O) groups excluding carboxylic acids is 1. The van der Waals surface area contributed by atoms with Crippen LogP contribution in [-0.2, 0) is 11.2 Å². The fraction of sp³-hybridized carbons (Fsp3) is 0.632. The number of nitrogens with one attached hydrogen (secondary N) is 1. The van der Waals surface area contributed by atoms with E-state index in [0.29, 0.717) is 5.92 Å². The Balaban J connectivity index is 1.61. The first kappa shape index (κ1) is 17.8. The molecular formula is C19H30N2O2. The Hall–Kier alpha value is -1.55. The Labute approximate surface area is 140 Å². The van der Waals surface area contributed by atoms with Crippen molar-refractivity contribution in [3.05, 3.63) is 35.9 Å². The van der Waals surface area contributed by atoms with Crippen LogP contribution in [0, 0.1) is 5.92 Å². The van der Waals surface area contributed by atoms with Crippen LogP contribution in [0.5, 0.6) is 0 Å². The maximum Gasteiger partial charge on any atom is 0.407 e. The fourth-order valence-corrected chi connectivity index (χ4v) is 2.89. The minimum Gasteiger partial charge on any atom is -0.444 e. The van der Waals surface area contributed by atoms with Crippen LogP contribution in [0.3, 0.4) is 0 Å². The van der Waals surface area contributed by atoms with Gasteiger partial charge >= 0.3 is 6.09 Å². The highest BCUT2D eigenvalue weighted by Gasteiger charge is 2.21. The summed E-state index contributed by atoms with van der Waals surface area (Å²) in [6.07, 6.45) is 3.10. The molecule has 1 saturated heterocycles. The van der Waals surface area contributed by atoms with E-state index in [1.165, 1.54) is 5.56 Å². The van der Waals surface area contributed by atoms with Crippen LogP contribution < -0.4 is 5.32 Å². The average molecular weight is 318 g/mol. The number of carbonyl (C=O) groups is 1. The molecule has 0 aliphatic carbocycles. The summed E-state index contributed by atoms with van der Waals surface area (Å²) in [4.78, 5) is 14.2. The second kappa shape index (κ2) is 8.34. The summed E-state index contributed by atoms with van der Waals surface area (Å²) in [5.41, 5.74) is 0.978. The molecule has 1 heterocycles. The summed E-state index contributed by atoms with van der Waals surface area (Å²) >= 11 is 0. The predicted octanol–water partition coefficient (Wildman–Crippen LogP) is 3.47. The standard InChI is InChI=1S/C19H30N2O2/c1-19(2,3)23-18(22)20-15-17-10-13-21(14-11-17)12-9-16-7-5-4-6-8-16/h4-8,17H,9-15H2,1-3H3,(H,20,22). The van der Waals surface area contributed by atoms with Crippen molar-refractivity contribution in [3.63, 3.8) is 0 Å². The van der Waals surface area contributed by atoms with E-state index in [-0.39, 0.29) is 6.09 Å². The van der Waals surface area contributed by atoms with E-state index in [1.807, 2.05) is 20.8 Å². The first-order chi connectivity index (χ1) is 10.9. The smallest absolute Gasteiger partial charge is 0.407 e. The number of ether oxygens (including phenoxy) is 1. The molecule has 1 aromatic carbocycles. The monoisotopic (exact) mass is 318 g/mol. The summed E-state index contributed by atoms with van der Waals surface area (Å²) in [6, 6.07) is 10.6. The Morgan fingerprint density at radius 1 is 1.22 bits per heavy atom. The Morgan fingerprint density at radius 3 is 2.48 bits per heavy atom. The molecule has 1 aliphatic rings. The molecule has 1 aliphatic heterocycles. The zero-order valence-corrected chi connectivity index (χ0v) is 14.7. The van der Waals surface area contributed by atoms with Crippen molar-refractivity contribution >= 4 is 6.09 Å². The van der Waals surface area contributed by atoms with Crippen LogP contribution in [0.4, 0.5) is 4.79 Å². The first-order valence-electron chi connectivity index (χ1n) is 8.65. The van der Waals surface area contributed by atoms with Crippen LogP contribution in [-0.4, -0.2) is 42.8 Å². The molecule has 1 fully saturated rings. The molecule has 0 aromatic heterocycles. The average Bonchev–Trinajstić information content (AvgIpc) is 2.51. The van der Waals surface area contributed by atoms with Crippen LogP contribution >= 0.6 is 0 Å². The maximum absolute atomic E-state index is 11.7. The van der Waals surface area contributed by atoms with Crippen molar-refractivity contribution in [2.75, 3.05) is 26.2 Å². The molecule has 0 saturated carbocycles. The van der Waals surface area contributed by atoms with E-state index in [1.54, 1.807) is 0 Å². The highest BCUT2D eigenvalue weighted by atomic mass is 16.6. The fourth-order valence-electron chi connectivity index (χ4n) is 2.89. The molecule has 23 heavy (non-hydrogen) atoms. The second-order valence-corrected chi connectivity index (χ2v) is 7.40. The molecular weight excluding hydrogens is 288 g/mol. The second-order valence-electron chi connectivity index (χ2n) is 7.40. The van der Waals surface area contributed by atoms with E-state index in [4.69, 9.17) is 4.74 Å². The molecule has 0 unspecified atom stereocenters. The SMILES string of the molecule is CC(C)(C)OC(=O)NCC1CCN(CCc2ccccc2)CC1. The van der Waals surface area contributed by atoms with Crippen LogP contribution in [0.25, 0.3) is 0 Å². The third-order valence-electron chi connectivity index (χ3n) is 4.20. The Kier molecular flexibility index (Phi) is 6.46. The molecule has 1 amide bonds. The van der Waals surface area contributed by atoms with Crippen molar-refractivity contribution in [2.45, 2.75) is 45.6 Å². The predicted molar refractivity (Wildman–Crippen MR) is 93.5 cm³/mol. The summed E-state index contributed by atoms with van der Waals surface area (Å²) in [6.45, 7) is 9.74. The molecule has 0 bridgehead atoms. The lowest BCUT2D eigenvalue weighted by Gasteiger charge is -2.32. The van der Waals surface area contributed by atoms with Gasteiger partial charge in [0.05, 0.1) is 0 Å². The van der Waals surface area contributed by atoms with Crippen LogP contribution in [0.15, 0.2) is 30.3 Å². The largest absolute Gasteiger partial charge is 0.444 e. The highest BCUT2D eigenvalue weighted by Crippen LogP contribution is 2.17. The zero-order valence-electron chi connectivity index (χ0n) is 14.7. The van der Waals surface area contributed by atoms with E-state index < -0.39 is 5.60 Å². The molecule has 4 heteroatoms. The van der Waals surface area contributed by atoms with E-state index in [9.17, 15) is 4.79 Å². The minimum atomic E-state index is -0.426. The lowest BCUT2D eigenvalue weighted by atomic mass is 9.96. The molecule has 128 valence electrons. The number of amides is 1. The number of hydrogen-bond acceptors (Lipinski definition) is 3. The number of alkyl carbamates (subject to hydrolysis) is 1. The number of hydrogen-bond donors (Lipinski definition) is 1. The van der Waals surface area contributed by atoms with E-state index in [2.05, 4.69) is 40.5 Å². The molecule has 4 nitrogen and oxygen atoms in total.